The highest BCUT2D eigenvalue weighted by Gasteiger charge is 2.37. The standard InChI is InChI=1S/C28H26F3N5O3S/c29-28(30,31)23-17-24(19-7-3-1-4-8-19)34-26(23)27(37)33-21-11-12-25(32-18-21)36-15-13-22(14-16-36)40(38,39)35-20-9-5-2-6-10-20/h1-12,17-18,22,34-35H,13-16H2,(H,33,37). The Morgan fingerprint density at radius 1 is 0.925 bits per heavy atom. The van der Waals surface area contributed by atoms with Crippen molar-refractivity contribution in [1.29, 1.82) is 0 Å². The van der Waals surface area contributed by atoms with Crippen molar-refractivity contribution in [2.75, 3.05) is 28.0 Å². The van der Waals surface area contributed by atoms with E-state index in [1.54, 1.807) is 66.7 Å². The molecule has 0 radical (unpaired) electrons. The second-order valence-electron chi connectivity index (χ2n) is 9.39. The third kappa shape index (κ3) is 6.12. The number of carbonyl (C=O) groups excluding carboxylic acids is 1. The highest BCUT2D eigenvalue weighted by molar-refractivity contribution is 7.93. The number of pyridine rings is 1. The SMILES string of the molecule is O=C(Nc1ccc(N2CCC(S(=O)(=O)Nc3ccccc3)CC2)nc1)c1[nH]c(-c2ccccc2)cc1C(F)(F)F. The average Bonchev–Trinajstić information content (AvgIpc) is 3.41. The molecule has 40 heavy (non-hydrogen) atoms. The van der Waals surface area contributed by atoms with Crippen LogP contribution < -0.4 is 14.9 Å². The second kappa shape index (κ2) is 11.0. The topological polar surface area (TPSA) is 107 Å². The van der Waals surface area contributed by atoms with E-state index in [0.717, 1.165) is 6.07 Å². The first-order valence-electron chi connectivity index (χ1n) is 12.5. The molecule has 5 rings (SSSR count). The zero-order valence-electron chi connectivity index (χ0n) is 21.1. The highest BCUT2D eigenvalue weighted by Crippen LogP contribution is 2.35. The van der Waals surface area contributed by atoms with Gasteiger partial charge in [0.1, 0.15) is 11.5 Å². The van der Waals surface area contributed by atoms with E-state index in [-0.39, 0.29) is 11.4 Å². The molecule has 0 atom stereocenters. The number of rotatable bonds is 7. The number of sulfonamides is 1. The van der Waals surface area contributed by atoms with E-state index in [1.807, 2.05) is 11.0 Å². The summed E-state index contributed by atoms with van der Waals surface area (Å²) in [5.74, 6) is -0.368. The van der Waals surface area contributed by atoms with Gasteiger partial charge in [-0.15, -0.1) is 0 Å². The van der Waals surface area contributed by atoms with Gasteiger partial charge < -0.3 is 15.2 Å². The lowest BCUT2D eigenvalue weighted by Gasteiger charge is -2.32. The molecule has 3 N–H and O–H groups in total. The monoisotopic (exact) mass is 569 g/mol. The summed E-state index contributed by atoms with van der Waals surface area (Å²) in [6.45, 7) is 0.914. The fraction of sp³-hybridized carbons (Fsp3) is 0.214. The van der Waals surface area contributed by atoms with Crippen molar-refractivity contribution in [2.45, 2.75) is 24.3 Å². The van der Waals surface area contributed by atoms with Crippen LogP contribution in [0.4, 0.5) is 30.4 Å². The molecule has 12 heteroatoms. The van der Waals surface area contributed by atoms with Crippen molar-refractivity contribution in [1.82, 2.24) is 9.97 Å². The van der Waals surface area contributed by atoms with Crippen molar-refractivity contribution in [3.8, 4) is 11.3 Å². The maximum Gasteiger partial charge on any atom is 0.418 e. The molecule has 0 spiro atoms. The van der Waals surface area contributed by atoms with Crippen molar-refractivity contribution in [3.05, 3.63) is 96.3 Å². The number of nitrogens with zero attached hydrogens (tertiary/aromatic N) is 2. The van der Waals surface area contributed by atoms with Gasteiger partial charge in [-0.05, 0) is 48.7 Å². The van der Waals surface area contributed by atoms with Crippen LogP contribution in [0.2, 0.25) is 0 Å². The predicted molar refractivity (Wildman–Crippen MR) is 148 cm³/mol. The number of alkyl halides is 3. The van der Waals surface area contributed by atoms with Crippen molar-refractivity contribution in [2.24, 2.45) is 0 Å². The molecule has 2 aromatic carbocycles. The second-order valence-corrected chi connectivity index (χ2v) is 11.4. The summed E-state index contributed by atoms with van der Waals surface area (Å²) >= 11 is 0. The van der Waals surface area contributed by atoms with Gasteiger partial charge in [0.15, 0.2) is 0 Å². The van der Waals surface area contributed by atoms with Crippen molar-refractivity contribution in [3.63, 3.8) is 0 Å². The number of aromatic nitrogens is 2. The number of H-pyrrole nitrogens is 1. The zero-order valence-corrected chi connectivity index (χ0v) is 22.0. The van der Waals surface area contributed by atoms with E-state index in [2.05, 4.69) is 20.0 Å². The normalized spacial score (nSPS) is 14.6. The molecule has 1 aliphatic heterocycles. The van der Waals surface area contributed by atoms with Crippen LogP contribution in [0, 0.1) is 0 Å². The van der Waals surface area contributed by atoms with Crippen LogP contribution >= 0.6 is 0 Å². The number of para-hydroxylation sites is 1. The van der Waals surface area contributed by atoms with E-state index in [0.29, 0.717) is 43.0 Å². The third-order valence-electron chi connectivity index (χ3n) is 6.68. The van der Waals surface area contributed by atoms with Gasteiger partial charge in [-0.25, -0.2) is 13.4 Å². The number of piperidine rings is 1. The average molecular weight is 570 g/mol. The Balaban J connectivity index is 1.23. The minimum Gasteiger partial charge on any atom is -0.357 e. The van der Waals surface area contributed by atoms with Gasteiger partial charge in [0.05, 0.1) is 22.7 Å². The van der Waals surface area contributed by atoms with Crippen LogP contribution in [0.5, 0.6) is 0 Å². The molecular formula is C28H26F3N5O3S. The van der Waals surface area contributed by atoms with Gasteiger partial charge in [0, 0.05) is 24.5 Å². The van der Waals surface area contributed by atoms with E-state index in [4.69, 9.17) is 0 Å². The van der Waals surface area contributed by atoms with Gasteiger partial charge in [0.2, 0.25) is 10.0 Å². The summed E-state index contributed by atoms with van der Waals surface area (Å²) in [7, 11) is -3.55. The molecule has 2 aromatic heterocycles. The van der Waals surface area contributed by atoms with Gasteiger partial charge in [-0.2, -0.15) is 13.2 Å². The number of halogens is 3. The summed E-state index contributed by atoms with van der Waals surface area (Å²) < 4.78 is 69.2. The Kier molecular flexibility index (Phi) is 7.53. The molecule has 0 saturated carbocycles. The van der Waals surface area contributed by atoms with E-state index in [9.17, 15) is 26.4 Å². The number of hydrogen-bond donors (Lipinski definition) is 3. The third-order valence-corrected chi connectivity index (χ3v) is 8.55. The Labute approximate surface area is 229 Å². The Morgan fingerprint density at radius 2 is 1.57 bits per heavy atom. The molecule has 1 aliphatic rings. The number of carbonyl (C=O) groups is 1. The molecular weight excluding hydrogens is 543 g/mol. The van der Waals surface area contributed by atoms with Crippen LogP contribution in [0.25, 0.3) is 11.3 Å². The Hall–Kier alpha value is -4.32. The molecule has 1 saturated heterocycles. The number of nitrogens with one attached hydrogen (secondary N) is 3. The minimum absolute atomic E-state index is 0.177. The van der Waals surface area contributed by atoms with Crippen LogP contribution in [-0.2, 0) is 16.2 Å². The van der Waals surface area contributed by atoms with Crippen LogP contribution in [0.15, 0.2) is 85.1 Å². The van der Waals surface area contributed by atoms with Crippen LogP contribution in [-0.4, -0.2) is 42.6 Å². The predicted octanol–water partition coefficient (Wildman–Crippen LogP) is 5.76. The number of amides is 1. The van der Waals surface area contributed by atoms with Gasteiger partial charge in [0.25, 0.3) is 5.91 Å². The first kappa shape index (κ1) is 27.3. The van der Waals surface area contributed by atoms with Crippen LogP contribution in [0.3, 0.4) is 0 Å². The summed E-state index contributed by atoms with van der Waals surface area (Å²) in [6.07, 6.45) is -2.56. The van der Waals surface area contributed by atoms with Crippen molar-refractivity contribution < 1.29 is 26.4 Å². The molecule has 0 unspecified atom stereocenters. The van der Waals surface area contributed by atoms with E-state index in [1.165, 1.54) is 6.20 Å². The molecule has 3 heterocycles. The maximum absolute atomic E-state index is 13.7. The maximum atomic E-state index is 13.7. The number of benzene rings is 2. The lowest BCUT2D eigenvalue weighted by atomic mass is 10.1. The molecule has 0 bridgehead atoms. The van der Waals surface area contributed by atoms with E-state index < -0.39 is 38.6 Å². The van der Waals surface area contributed by atoms with Gasteiger partial charge >= 0.3 is 6.18 Å². The fourth-order valence-corrected chi connectivity index (χ4v) is 6.08. The summed E-state index contributed by atoms with van der Waals surface area (Å²) in [5, 5.41) is 1.93. The van der Waals surface area contributed by atoms with Crippen LogP contribution in [0.1, 0.15) is 28.9 Å². The molecule has 8 nitrogen and oxygen atoms in total. The fourth-order valence-electron chi connectivity index (χ4n) is 4.62. The minimum atomic E-state index is -4.73. The smallest absolute Gasteiger partial charge is 0.357 e. The first-order chi connectivity index (χ1) is 19.1. The van der Waals surface area contributed by atoms with E-state index >= 15 is 0 Å². The Bertz CT molecular complexity index is 1570. The zero-order chi connectivity index (χ0) is 28.3. The van der Waals surface area contributed by atoms with Gasteiger partial charge in [-0.1, -0.05) is 48.5 Å². The molecule has 1 amide bonds. The van der Waals surface area contributed by atoms with Crippen molar-refractivity contribution >= 4 is 33.1 Å². The lowest BCUT2D eigenvalue weighted by Crippen LogP contribution is -2.41. The Morgan fingerprint density at radius 3 is 2.17 bits per heavy atom. The lowest BCUT2D eigenvalue weighted by molar-refractivity contribution is -0.137. The first-order valence-corrected chi connectivity index (χ1v) is 14.1. The molecule has 208 valence electrons. The molecule has 4 aromatic rings. The largest absolute Gasteiger partial charge is 0.418 e. The van der Waals surface area contributed by atoms with Gasteiger partial charge in [-0.3, -0.25) is 9.52 Å². The number of hydrogen-bond acceptors (Lipinski definition) is 5. The molecule has 0 aliphatic carbocycles. The summed E-state index contributed by atoms with van der Waals surface area (Å²) in [6, 6.07) is 21.2. The summed E-state index contributed by atoms with van der Waals surface area (Å²) in [5.41, 5.74) is -0.221. The molecule has 1 fully saturated rings. The summed E-state index contributed by atoms with van der Waals surface area (Å²) in [4.78, 5) is 21.7. The highest BCUT2D eigenvalue weighted by atomic mass is 32.2. The quantitative estimate of drug-likeness (QED) is 0.262. The number of anilines is 3. The number of aromatic amines is 1.